The highest BCUT2D eigenvalue weighted by atomic mass is 35.5. The van der Waals surface area contributed by atoms with Gasteiger partial charge in [0.1, 0.15) is 5.75 Å². The summed E-state index contributed by atoms with van der Waals surface area (Å²) in [6, 6.07) is 8.08. The molecule has 0 radical (unpaired) electrons. The number of benzene rings is 2. The van der Waals surface area contributed by atoms with Crippen LogP contribution in [0.15, 0.2) is 30.3 Å². The summed E-state index contributed by atoms with van der Waals surface area (Å²) in [6.07, 6.45) is 0. The van der Waals surface area contributed by atoms with Crippen LogP contribution in [0, 0.1) is 6.92 Å². The van der Waals surface area contributed by atoms with Crippen molar-refractivity contribution in [3.63, 3.8) is 0 Å². The van der Waals surface area contributed by atoms with Crippen molar-refractivity contribution >= 4 is 29.4 Å². The molecule has 2 rings (SSSR count). The number of carbonyl (C=O) groups is 3. The van der Waals surface area contributed by atoms with Crippen molar-refractivity contribution in [1.29, 1.82) is 0 Å². The summed E-state index contributed by atoms with van der Waals surface area (Å²) >= 11 is 6.16. The van der Waals surface area contributed by atoms with E-state index in [0.29, 0.717) is 22.3 Å². The first-order valence-electron chi connectivity index (χ1n) is 10.1. The molecule has 2 aromatic carbocycles. The fourth-order valence-corrected chi connectivity index (χ4v) is 2.96. The lowest BCUT2D eigenvalue weighted by Gasteiger charge is -2.15. The van der Waals surface area contributed by atoms with E-state index in [9.17, 15) is 14.4 Å². The van der Waals surface area contributed by atoms with Crippen LogP contribution < -0.4 is 25.1 Å². The van der Waals surface area contributed by atoms with E-state index in [1.54, 1.807) is 18.2 Å². The Balaban J connectivity index is 1.81. The van der Waals surface area contributed by atoms with Crippen LogP contribution in [0.2, 0.25) is 5.02 Å². The molecule has 2 N–H and O–H groups in total. The van der Waals surface area contributed by atoms with Gasteiger partial charge in [0.15, 0.2) is 24.7 Å². The van der Waals surface area contributed by atoms with Crippen molar-refractivity contribution < 1.29 is 33.3 Å². The molecule has 33 heavy (non-hydrogen) atoms. The minimum atomic E-state index is -0.737. The molecule has 0 saturated heterocycles. The van der Waals surface area contributed by atoms with Gasteiger partial charge >= 0.3 is 5.97 Å². The Labute approximate surface area is 197 Å². The molecule has 10 heteroatoms. The molecule has 0 aliphatic rings. The molecule has 0 fully saturated rings. The largest absolute Gasteiger partial charge is 0.493 e. The Morgan fingerprint density at radius 2 is 1.64 bits per heavy atom. The fourth-order valence-electron chi connectivity index (χ4n) is 2.78. The smallest absolute Gasteiger partial charge is 0.344 e. The average molecular weight is 479 g/mol. The van der Waals surface area contributed by atoms with E-state index in [2.05, 4.69) is 10.9 Å². The number of amides is 2. The van der Waals surface area contributed by atoms with Crippen molar-refractivity contribution in [1.82, 2.24) is 10.9 Å². The normalized spacial score (nSPS) is 10.4. The highest BCUT2D eigenvalue weighted by Gasteiger charge is 2.15. The van der Waals surface area contributed by atoms with Crippen molar-refractivity contribution in [2.24, 2.45) is 0 Å². The van der Waals surface area contributed by atoms with Gasteiger partial charge in [-0.15, -0.1) is 0 Å². The van der Waals surface area contributed by atoms with Crippen LogP contribution in [0.1, 0.15) is 41.3 Å². The number of hydrazine groups is 1. The zero-order chi connectivity index (χ0) is 24.5. The molecule has 0 aromatic heterocycles. The summed E-state index contributed by atoms with van der Waals surface area (Å²) in [4.78, 5) is 36.1. The summed E-state index contributed by atoms with van der Waals surface area (Å²) in [5.74, 6) is -0.563. The van der Waals surface area contributed by atoms with Crippen LogP contribution in [0.4, 0.5) is 0 Å². The average Bonchev–Trinajstić information content (AvgIpc) is 2.80. The van der Waals surface area contributed by atoms with E-state index >= 15 is 0 Å². The molecule has 0 bridgehead atoms. The fraction of sp³-hybridized carbons (Fsp3) is 0.348. The van der Waals surface area contributed by atoms with Crippen molar-refractivity contribution in [2.45, 2.75) is 26.7 Å². The number of halogens is 1. The van der Waals surface area contributed by atoms with Crippen LogP contribution in [-0.4, -0.2) is 45.2 Å². The monoisotopic (exact) mass is 478 g/mol. The van der Waals surface area contributed by atoms with E-state index in [0.717, 1.165) is 11.1 Å². The van der Waals surface area contributed by atoms with Gasteiger partial charge in [-0.1, -0.05) is 25.4 Å². The first-order chi connectivity index (χ1) is 15.7. The summed E-state index contributed by atoms with van der Waals surface area (Å²) in [5.41, 5.74) is 6.30. The molecule has 9 nitrogen and oxygen atoms in total. The van der Waals surface area contributed by atoms with Gasteiger partial charge in [-0.05, 0) is 54.3 Å². The third-order valence-electron chi connectivity index (χ3n) is 4.58. The third kappa shape index (κ3) is 7.28. The minimum absolute atomic E-state index is 0.133. The second kappa shape index (κ2) is 12.0. The Bertz CT molecular complexity index is 1020. The molecular weight excluding hydrogens is 452 g/mol. The van der Waals surface area contributed by atoms with Crippen LogP contribution in [0.3, 0.4) is 0 Å². The maximum absolute atomic E-state index is 12.2. The lowest BCUT2D eigenvalue weighted by molar-refractivity contribution is -0.150. The number of esters is 1. The Morgan fingerprint density at radius 1 is 0.939 bits per heavy atom. The Kier molecular flexibility index (Phi) is 9.35. The molecular formula is C23H27ClN2O7. The molecule has 0 unspecified atom stereocenters. The van der Waals surface area contributed by atoms with Crippen LogP contribution >= 0.6 is 11.6 Å². The number of aryl methyl sites for hydroxylation is 1. The molecule has 0 saturated carbocycles. The molecule has 0 aliphatic carbocycles. The summed E-state index contributed by atoms with van der Waals surface area (Å²) in [7, 11) is 2.92. The van der Waals surface area contributed by atoms with Crippen molar-refractivity contribution in [3.8, 4) is 17.2 Å². The second-order valence-corrected chi connectivity index (χ2v) is 7.72. The van der Waals surface area contributed by atoms with Gasteiger partial charge in [0, 0.05) is 10.6 Å². The van der Waals surface area contributed by atoms with E-state index in [1.807, 2.05) is 20.8 Å². The van der Waals surface area contributed by atoms with Crippen LogP contribution in [-0.2, 0) is 14.3 Å². The maximum atomic E-state index is 12.2. The van der Waals surface area contributed by atoms with Gasteiger partial charge in [0.25, 0.3) is 11.8 Å². The van der Waals surface area contributed by atoms with Gasteiger partial charge < -0.3 is 18.9 Å². The van der Waals surface area contributed by atoms with Crippen LogP contribution in [0.25, 0.3) is 0 Å². The van der Waals surface area contributed by atoms with Gasteiger partial charge in [0.2, 0.25) is 0 Å². The van der Waals surface area contributed by atoms with E-state index < -0.39 is 24.4 Å². The van der Waals surface area contributed by atoms with Crippen LogP contribution in [0.5, 0.6) is 17.2 Å². The number of hydrogen-bond acceptors (Lipinski definition) is 7. The lowest BCUT2D eigenvalue weighted by Crippen LogP contribution is -2.43. The predicted octanol–water partition coefficient (Wildman–Crippen LogP) is 3.17. The highest BCUT2D eigenvalue weighted by molar-refractivity contribution is 6.31. The summed E-state index contributed by atoms with van der Waals surface area (Å²) in [6.45, 7) is 4.81. The SMILES string of the molecule is COc1ccc(C(=O)NNC(=O)COC(=O)COc2cc(C)c(Cl)cc2C(C)C)cc1OC. The molecule has 2 amide bonds. The molecule has 0 aliphatic heterocycles. The molecule has 0 atom stereocenters. The van der Waals surface area contributed by atoms with E-state index in [1.165, 1.54) is 26.4 Å². The van der Waals surface area contributed by atoms with Gasteiger partial charge in [-0.2, -0.15) is 0 Å². The Hall–Kier alpha value is -3.46. The molecule has 0 spiro atoms. The minimum Gasteiger partial charge on any atom is -0.493 e. The first kappa shape index (κ1) is 25.8. The quantitative estimate of drug-likeness (QED) is 0.420. The lowest BCUT2D eigenvalue weighted by atomic mass is 10.0. The van der Waals surface area contributed by atoms with E-state index in [4.69, 9.17) is 30.5 Å². The summed E-state index contributed by atoms with van der Waals surface area (Å²) in [5, 5.41) is 0.612. The number of ether oxygens (including phenoxy) is 4. The number of nitrogens with one attached hydrogen (secondary N) is 2. The number of rotatable bonds is 9. The van der Waals surface area contributed by atoms with Crippen molar-refractivity contribution in [3.05, 3.63) is 52.0 Å². The molecule has 2 aromatic rings. The predicted molar refractivity (Wildman–Crippen MR) is 122 cm³/mol. The van der Waals surface area contributed by atoms with E-state index in [-0.39, 0.29) is 18.1 Å². The van der Waals surface area contributed by atoms with Gasteiger partial charge in [-0.25, -0.2) is 4.79 Å². The zero-order valence-corrected chi connectivity index (χ0v) is 19.9. The summed E-state index contributed by atoms with van der Waals surface area (Å²) < 4.78 is 20.7. The highest BCUT2D eigenvalue weighted by Crippen LogP contribution is 2.32. The topological polar surface area (TPSA) is 112 Å². The number of methoxy groups -OCH3 is 2. The van der Waals surface area contributed by atoms with Crippen molar-refractivity contribution in [2.75, 3.05) is 27.4 Å². The van der Waals surface area contributed by atoms with Gasteiger partial charge in [-0.3, -0.25) is 20.4 Å². The Morgan fingerprint density at radius 3 is 2.27 bits per heavy atom. The van der Waals surface area contributed by atoms with Gasteiger partial charge in [0.05, 0.1) is 14.2 Å². The maximum Gasteiger partial charge on any atom is 0.344 e. The first-order valence-corrected chi connectivity index (χ1v) is 10.4. The third-order valence-corrected chi connectivity index (χ3v) is 4.99. The standard InChI is InChI=1S/C23H27ClN2O7/c1-13(2)16-10-17(24)14(3)8-19(16)32-12-22(28)33-11-21(27)25-26-23(29)15-6-7-18(30-4)20(9-15)31-5/h6-10,13H,11-12H2,1-5H3,(H,25,27)(H,26,29). The zero-order valence-electron chi connectivity index (χ0n) is 19.1. The number of hydrogen-bond donors (Lipinski definition) is 2. The number of carbonyl (C=O) groups excluding carboxylic acids is 3. The molecule has 0 heterocycles. The molecule has 178 valence electrons. The second-order valence-electron chi connectivity index (χ2n) is 7.32.